The summed E-state index contributed by atoms with van der Waals surface area (Å²) in [7, 11) is 1.64. The van der Waals surface area contributed by atoms with Crippen molar-refractivity contribution in [2.45, 2.75) is 40.0 Å². The van der Waals surface area contributed by atoms with Crippen LogP contribution < -0.4 is 9.64 Å². The second-order valence-electron chi connectivity index (χ2n) is 7.20. The van der Waals surface area contributed by atoms with Gasteiger partial charge in [-0.15, -0.1) is 18.3 Å². The van der Waals surface area contributed by atoms with Gasteiger partial charge >= 0.3 is 0 Å². The van der Waals surface area contributed by atoms with Crippen molar-refractivity contribution in [1.82, 2.24) is 14.6 Å². The Balaban J connectivity index is 0.00000256. The van der Waals surface area contributed by atoms with Crippen molar-refractivity contribution in [3.63, 3.8) is 0 Å². The monoisotopic (exact) mass is 444 g/mol. The molecule has 0 spiro atoms. The molecule has 2 aromatic heterocycles. The van der Waals surface area contributed by atoms with Gasteiger partial charge in [0.15, 0.2) is 5.65 Å². The van der Waals surface area contributed by atoms with Crippen LogP contribution in [0, 0.1) is 18.8 Å². The highest BCUT2D eigenvalue weighted by Crippen LogP contribution is 2.39. The van der Waals surface area contributed by atoms with E-state index in [1.54, 1.807) is 7.11 Å². The second kappa shape index (κ2) is 9.16. The fraction of sp³-hybridized carbons (Fsp3) is 0.391. The maximum atomic E-state index is 6.61. The maximum absolute atomic E-state index is 6.61. The Morgan fingerprint density at radius 2 is 2.10 bits per heavy atom. The van der Waals surface area contributed by atoms with Gasteiger partial charge in [0.25, 0.3) is 0 Å². The molecule has 0 saturated carbocycles. The maximum Gasteiger partial charge on any atom is 0.165 e. The third-order valence-corrected chi connectivity index (χ3v) is 5.82. The molecule has 0 amide bonds. The summed E-state index contributed by atoms with van der Waals surface area (Å²) in [6.45, 7) is 7.58. The van der Waals surface area contributed by atoms with E-state index in [2.05, 4.69) is 23.7 Å². The van der Waals surface area contributed by atoms with Crippen molar-refractivity contribution >= 4 is 35.5 Å². The molecule has 3 aromatic rings. The van der Waals surface area contributed by atoms with Gasteiger partial charge in [0.05, 0.1) is 29.9 Å². The number of fused-ring (bicyclic) bond motifs is 2. The van der Waals surface area contributed by atoms with E-state index >= 15 is 0 Å². The summed E-state index contributed by atoms with van der Waals surface area (Å²) in [5.41, 5.74) is 6.13. The highest BCUT2D eigenvalue weighted by Gasteiger charge is 2.27. The van der Waals surface area contributed by atoms with Crippen LogP contribution in [0.4, 0.5) is 5.82 Å². The first kappa shape index (κ1) is 22.3. The van der Waals surface area contributed by atoms with Gasteiger partial charge < -0.3 is 9.64 Å². The summed E-state index contributed by atoms with van der Waals surface area (Å²) in [4.78, 5) is 7.33. The number of aryl methyl sites for hydroxylation is 2. The van der Waals surface area contributed by atoms with Crippen molar-refractivity contribution in [2.24, 2.45) is 0 Å². The Morgan fingerprint density at radius 1 is 1.30 bits per heavy atom. The lowest BCUT2D eigenvalue weighted by atomic mass is 10.1. The highest BCUT2D eigenvalue weighted by molar-refractivity contribution is 6.33. The van der Waals surface area contributed by atoms with Gasteiger partial charge in [-0.05, 0) is 58.2 Å². The molecule has 1 aromatic carbocycles. The molecule has 0 radical (unpaired) electrons. The SMILES string of the molecule is CC#CCN(CC)c1c2c(nc3c(-c4ccc(OC)cc4Cl)c(C)nn13)CCC2.Cl. The van der Waals surface area contributed by atoms with Gasteiger partial charge in [0.2, 0.25) is 0 Å². The van der Waals surface area contributed by atoms with Crippen LogP contribution in [0.5, 0.6) is 5.75 Å². The Hall–Kier alpha value is -2.42. The fourth-order valence-corrected chi connectivity index (χ4v) is 4.36. The Labute approximate surface area is 188 Å². The smallest absolute Gasteiger partial charge is 0.165 e. The van der Waals surface area contributed by atoms with Crippen molar-refractivity contribution in [3.8, 4) is 28.7 Å². The van der Waals surface area contributed by atoms with E-state index < -0.39 is 0 Å². The summed E-state index contributed by atoms with van der Waals surface area (Å²) in [5, 5.41) is 5.54. The Morgan fingerprint density at radius 3 is 2.77 bits per heavy atom. The average molecular weight is 445 g/mol. The summed E-state index contributed by atoms with van der Waals surface area (Å²) in [6.07, 6.45) is 3.15. The molecule has 0 unspecified atom stereocenters. The standard InChI is InChI=1S/C23H25ClN4O.ClH/c1-5-7-13-27(6-2)23-18-9-8-10-20(18)25-22-21(15(3)26-28(22)23)17-12-11-16(29-4)14-19(17)24;/h11-12,14H,6,8-10,13H2,1-4H3;1H. The lowest BCUT2D eigenvalue weighted by molar-refractivity contribution is 0.415. The molecular weight excluding hydrogens is 419 g/mol. The topological polar surface area (TPSA) is 42.7 Å². The largest absolute Gasteiger partial charge is 0.497 e. The van der Waals surface area contributed by atoms with Crippen molar-refractivity contribution in [1.29, 1.82) is 0 Å². The first-order chi connectivity index (χ1) is 14.1. The van der Waals surface area contributed by atoms with Crippen LogP contribution in [0.2, 0.25) is 5.02 Å². The van der Waals surface area contributed by atoms with Gasteiger partial charge in [-0.2, -0.15) is 9.61 Å². The predicted molar refractivity (Wildman–Crippen MR) is 125 cm³/mol. The zero-order valence-corrected chi connectivity index (χ0v) is 19.3. The number of halogens is 2. The molecule has 1 aliphatic carbocycles. The summed E-state index contributed by atoms with van der Waals surface area (Å²) in [6, 6.07) is 5.75. The fourth-order valence-electron chi connectivity index (χ4n) is 4.09. The first-order valence-corrected chi connectivity index (χ1v) is 10.4. The molecule has 0 atom stereocenters. The quantitative estimate of drug-likeness (QED) is 0.511. The lowest BCUT2D eigenvalue weighted by Crippen LogP contribution is -2.27. The molecule has 2 heterocycles. The number of anilines is 1. The molecule has 0 aliphatic heterocycles. The number of benzene rings is 1. The van der Waals surface area contributed by atoms with Crippen LogP contribution in [0.1, 0.15) is 37.2 Å². The normalized spacial score (nSPS) is 12.2. The van der Waals surface area contributed by atoms with E-state index in [0.717, 1.165) is 59.8 Å². The number of methoxy groups -OCH3 is 1. The summed E-state index contributed by atoms with van der Waals surface area (Å²) >= 11 is 6.61. The van der Waals surface area contributed by atoms with Crippen molar-refractivity contribution in [3.05, 3.63) is 40.2 Å². The molecule has 0 N–H and O–H groups in total. The summed E-state index contributed by atoms with van der Waals surface area (Å²) < 4.78 is 7.30. The van der Waals surface area contributed by atoms with E-state index in [-0.39, 0.29) is 12.4 Å². The molecule has 4 rings (SSSR count). The second-order valence-corrected chi connectivity index (χ2v) is 7.60. The number of rotatable bonds is 5. The molecule has 0 saturated heterocycles. The van der Waals surface area contributed by atoms with E-state index in [1.165, 1.54) is 11.3 Å². The molecule has 158 valence electrons. The molecule has 0 bridgehead atoms. The molecule has 7 heteroatoms. The Kier molecular flexibility index (Phi) is 6.80. The van der Waals surface area contributed by atoms with Crippen LogP contribution in [-0.4, -0.2) is 34.8 Å². The number of hydrogen-bond donors (Lipinski definition) is 0. The molecule has 30 heavy (non-hydrogen) atoms. The van der Waals surface area contributed by atoms with Crippen LogP contribution in [0.25, 0.3) is 16.8 Å². The molecule has 5 nitrogen and oxygen atoms in total. The van der Waals surface area contributed by atoms with E-state index in [1.807, 2.05) is 36.6 Å². The lowest BCUT2D eigenvalue weighted by Gasteiger charge is -2.24. The minimum atomic E-state index is 0. The van der Waals surface area contributed by atoms with Crippen LogP contribution in [0.15, 0.2) is 18.2 Å². The third kappa shape index (κ3) is 3.71. The van der Waals surface area contributed by atoms with Gasteiger partial charge in [-0.1, -0.05) is 17.5 Å². The number of aromatic nitrogens is 3. The van der Waals surface area contributed by atoms with Crippen molar-refractivity contribution in [2.75, 3.05) is 25.1 Å². The first-order valence-electron chi connectivity index (χ1n) is 9.98. The summed E-state index contributed by atoms with van der Waals surface area (Å²) in [5.74, 6) is 8.07. The van der Waals surface area contributed by atoms with Crippen LogP contribution in [-0.2, 0) is 12.8 Å². The van der Waals surface area contributed by atoms with E-state index in [0.29, 0.717) is 11.6 Å². The zero-order chi connectivity index (χ0) is 20.5. The number of nitrogens with zero attached hydrogens (tertiary/aromatic N) is 4. The zero-order valence-electron chi connectivity index (χ0n) is 17.8. The van der Waals surface area contributed by atoms with E-state index in [4.69, 9.17) is 26.4 Å². The third-order valence-electron chi connectivity index (χ3n) is 5.51. The molecule has 1 aliphatic rings. The molecular formula is C23H26Cl2N4O. The van der Waals surface area contributed by atoms with Gasteiger partial charge in [0, 0.05) is 23.4 Å². The van der Waals surface area contributed by atoms with Gasteiger partial charge in [-0.3, -0.25) is 0 Å². The Bertz CT molecular complexity index is 1140. The minimum Gasteiger partial charge on any atom is -0.497 e. The van der Waals surface area contributed by atoms with Gasteiger partial charge in [-0.25, -0.2) is 4.98 Å². The highest BCUT2D eigenvalue weighted by atomic mass is 35.5. The van der Waals surface area contributed by atoms with Crippen LogP contribution >= 0.6 is 24.0 Å². The average Bonchev–Trinajstić information content (AvgIpc) is 3.31. The molecule has 0 fully saturated rings. The van der Waals surface area contributed by atoms with Crippen molar-refractivity contribution < 1.29 is 4.74 Å². The van der Waals surface area contributed by atoms with Gasteiger partial charge in [0.1, 0.15) is 11.6 Å². The van der Waals surface area contributed by atoms with E-state index in [9.17, 15) is 0 Å². The van der Waals surface area contributed by atoms with Crippen LogP contribution in [0.3, 0.4) is 0 Å². The number of ether oxygens (including phenoxy) is 1. The number of hydrogen-bond acceptors (Lipinski definition) is 4. The minimum absolute atomic E-state index is 0. The predicted octanol–water partition coefficient (Wildman–Crippen LogP) is 5.13.